The Kier molecular flexibility index (Phi) is 6.51. The van der Waals surface area contributed by atoms with Crippen molar-refractivity contribution in [3.8, 4) is 11.4 Å². The van der Waals surface area contributed by atoms with Crippen LogP contribution in [0.5, 0.6) is 0 Å². The lowest BCUT2D eigenvalue weighted by Crippen LogP contribution is -2.33. The molecular formula is C21H21FN4O4. The lowest BCUT2D eigenvalue weighted by atomic mass is 9.98. The second-order valence-corrected chi connectivity index (χ2v) is 7.00. The van der Waals surface area contributed by atoms with E-state index in [1.807, 2.05) is 13.8 Å². The summed E-state index contributed by atoms with van der Waals surface area (Å²) in [5.41, 5.74) is 1.05. The number of hydrogen-bond acceptors (Lipinski definition) is 6. The van der Waals surface area contributed by atoms with Gasteiger partial charge >= 0.3 is 0 Å². The Balaban J connectivity index is 1.79. The molecule has 0 saturated heterocycles. The van der Waals surface area contributed by atoms with E-state index in [0.29, 0.717) is 11.1 Å². The van der Waals surface area contributed by atoms with Crippen LogP contribution in [0.1, 0.15) is 37.8 Å². The molecule has 0 radical (unpaired) electrons. The minimum absolute atomic E-state index is 0.000535. The highest BCUT2D eigenvalue weighted by Gasteiger charge is 2.26. The zero-order valence-electron chi connectivity index (χ0n) is 16.5. The lowest BCUT2D eigenvalue weighted by molar-refractivity contribution is -0.384. The molecule has 0 bridgehead atoms. The summed E-state index contributed by atoms with van der Waals surface area (Å²) in [5.74, 6) is -0.202. The van der Waals surface area contributed by atoms with Crippen LogP contribution in [0.3, 0.4) is 0 Å². The van der Waals surface area contributed by atoms with Gasteiger partial charge in [0.1, 0.15) is 11.9 Å². The molecule has 0 aliphatic heterocycles. The molecule has 3 aromatic rings. The van der Waals surface area contributed by atoms with E-state index in [2.05, 4.69) is 15.5 Å². The maximum Gasteiger partial charge on any atom is 0.270 e. The Morgan fingerprint density at radius 2 is 2.00 bits per heavy atom. The minimum atomic E-state index is -0.525. The third kappa shape index (κ3) is 5.05. The topological polar surface area (TPSA) is 111 Å². The van der Waals surface area contributed by atoms with E-state index in [-0.39, 0.29) is 41.5 Å². The van der Waals surface area contributed by atoms with Gasteiger partial charge in [-0.05, 0) is 23.6 Å². The van der Waals surface area contributed by atoms with Crippen molar-refractivity contribution in [2.24, 2.45) is 5.92 Å². The van der Waals surface area contributed by atoms with E-state index in [1.54, 1.807) is 24.3 Å². The number of amides is 1. The van der Waals surface area contributed by atoms with E-state index in [1.165, 1.54) is 24.3 Å². The Morgan fingerprint density at radius 1 is 1.27 bits per heavy atom. The summed E-state index contributed by atoms with van der Waals surface area (Å²) >= 11 is 0. The number of hydrogen-bond donors (Lipinski definition) is 1. The van der Waals surface area contributed by atoms with Crippen LogP contribution in [0.15, 0.2) is 53.1 Å². The molecular weight excluding hydrogens is 391 g/mol. The summed E-state index contributed by atoms with van der Waals surface area (Å²) in [4.78, 5) is 27.4. The number of nitro groups is 1. The number of nitro benzene ring substituents is 1. The predicted octanol–water partition coefficient (Wildman–Crippen LogP) is 4.23. The van der Waals surface area contributed by atoms with Crippen molar-refractivity contribution >= 4 is 11.6 Å². The molecule has 0 aliphatic carbocycles. The van der Waals surface area contributed by atoms with E-state index < -0.39 is 11.0 Å². The molecule has 1 aromatic heterocycles. The molecule has 8 nitrogen and oxygen atoms in total. The normalized spacial score (nSPS) is 12.9. The summed E-state index contributed by atoms with van der Waals surface area (Å²) in [6, 6.07) is 11.1. The highest BCUT2D eigenvalue weighted by Crippen LogP contribution is 2.27. The zero-order valence-corrected chi connectivity index (χ0v) is 16.5. The third-order valence-corrected chi connectivity index (χ3v) is 4.83. The van der Waals surface area contributed by atoms with Crippen LogP contribution in [0.2, 0.25) is 0 Å². The molecule has 1 amide bonds. The van der Waals surface area contributed by atoms with Crippen molar-refractivity contribution in [2.45, 2.75) is 32.7 Å². The van der Waals surface area contributed by atoms with Gasteiger partial charge in [0.25, 0.3) is 5.69 Å². The summed E-state index contributed by atoms with van der Waals surface area (Å²) in [6.45, 7) is 3.92. The third-order valence-electron chi connectivity index (χ3n) is 4.83. The number of aromatic nitrogens is 2. The Hall–Kier alpha value is -3.62. The molecule has 0 unspecified atom stereocenters. The molecule has 0 fully saturated rings. The Labute approximate surface area is 172 Å². The first-order chi connectivity index (χ1) is 14.4. The van der Waals surface area contributed by atoms with Gasteiger partial charge in [-0.1, -0.05) is 49.7 Å². The monoisotopic (exact) mass is 412 g/mol. The van der Waals surface area contributed by atoms with Crippen molar-refractivity contribution < 1.29 is 18.6 Å². The first-order valence-corrected chi connectivity index (χ1v) is 9.49. The van der Waals surface area contributed by atoms with Crippen molar-refractivity contribution in [3.63, 3.8) is 0 Å². The summed E-state index contributed by atoms with van der Waals surface area (Å²) in [6.07, 6.45) is 0.828. The van der Waals surface area contributed by atoms with Crippen molar-refractivity contribution in [1.82, 2.24) is 15.5 Å². The summed E-state index contributed by atoms with van der Waals surface area (Å²) in [7, 11) is 0. The second kappa shape index (κ2) is 9.25. The maximum absolute atomic E-state index is 13.1. The average Bonchev–Trinajstić information content (AvgIpc) is 3.23. The highest BCUT2D eigenvalue weighted by atomic mass is 19.1. The fourth-order valence-corrected chi connectivity index (χ4v) is 2.93. The van der Waals surface area contributed by atoms with Crippen LogP contribution in [0, 0.1) is 21.8 Å². The van der Waals surface area contributed by atoms with Gasteiger partial charge in [0, 0.05) is 17.7 Å². The van der Waals surface area contributed by atoms with Crippen LogP contribution in [-0.2, 0) is 11.2 Å². The van der Waals surface area contributed by atoms with Crippen LogP contribution in [0.25, 0.3) is 11.4 Å². The van der Waals surface area contributed by atoms with Gasteiger partial charge in [0.05, 0.1) is 11.3 Å². The lowest BCUT2D eigenvalue weighted by Gasteiger charge is -2.20. The van der Waals surface area contributed by atoms with Gasteiger partial charge in [0.2, 0.25) is 17.6 Å². The second-order valence-electron chi connectivity index (χ2n) is 7.00. The number of carbonyl (C=O) groups excluding carboxylic acids is 1. The number of halogens is 1. The SMILES string of the molecule is CC[C@@H](C)[C@H](NC(=O)Cc1ccc(F)cc1)c1nc(-c2cccc([N+](=O)[O-])c2)no1. The molecule has 0 aliphatic rings. The van der Waals surface area contributed by atoms with E-state index >= 15 is 0 Å². The van der Waals surface area contributed by atoms with Crippen LogP contribution >= 0.6 is 0 Å². The van der Waals surface area contributed by atoms with E-state index in [0.717, 1.165) is 6.42 Å². The fraction of sp³-hybridized carbons (Fsp3) is 0.286. The standard InChI is InChI=1S/C21H21FN4O4/c1-3-13(2)19(23-18(27)11-14-7-9-16(22)10-8-14)21-24-20(25-30-21)15-5-4-6-17(12-15)26(28)29/h4-10,12-13,19H,3,11H2,1-2H3,(H,23,27)/t13-,19+/m1/s1. The van der Waals surface area contributed by atoms with Crippen LogP contribution in [-0.4, -0.2) is 21.0 Å². The molecule has 0 spiro atoms. The highest BCUT2D eigenvalue weighted by molar-refractivity contribution is 5.79. The largest absolute Gasteiger partial charge is 0.344 e. The molecule has 30 heavy (non-hydrogen) atoms. The van der Waals surface area contributed by atoms with E-state index in [9.17, 15) is 19.3 Å². The molecule has 3 rings (SSSR count). The first kappa shape index (κ1) is 21.1. The molecule has 2 atom stereocenters. The molecule has 9 heteroatoms. The quantitative estimate of drug-likeness (QED) is 0.438. The number of nitrogens with zero attached hydrogens (tertiary/aromatic N) is 3. The van der Waals surface area contributed by atoms with Gasteiger partial charge in [0.15, 0.2) is 0 Å². The summed E-state index contributed by atoms with van der Waals surface area (Å²) in [5, 5.41) is 17.8. The Bertz CT molecular complexity index is 1040. The minimum Gasteiger partial charge on any atom is -0.344 e. The molecule has 0 saturated carbocycles. The van der Waals surface area contributed by atoms with Gasteiger partial charge in [-0.25, -0.2) is 4.39 Å². The number of benzene rings is 2. The summed E-state index contributed by atoms with van der Waals surface area (Å²) < 4.78 is 18.4. The van der Waals surface area contributed by atoms with Crippen LogP contribution < -0.4 is 5.32 Å². The fourth-order valence-electron chi connectivity index (χ4n) is 2.93. The number of nitrogens with one attached hydrogen (secondary N) is 1. The molecule has 2 aromatic carbocycles. The first-order valence-electron chi connectivity index (χ1n) is 9.49. The van der Waals surface area contributed by atoms with Crippen molar-refractivity contribution in [1.29, 1.82) is 0 Å². The molecule has 1 N–H and O–H groups in total. The molecule has 1 heterocycles. The zero-order chi connectivity index (χ0) is 21.7. The van der Waals surface area contributed by atoms with Crippen molar-refractivity contribution in [3.05, 3.63) is 75.9 Å². The number of carbonyl (C=O) groups is 1. The molecule has 156 valence electrons. The Morgan fingerprint density at radius 3 is 2.67 bits per heavy atom. The van der Waals surface area contributed by atoms with Gasteiger partial charge in [-0.3, -0.25) is 14.9 Å². The smallest absolute Gasteiger partial charge is 0.270 e. The maximum atomic E-state index is 13.1. The van der Waals surface area contributed by atoms with Gasteiger partial charge in [-0.2, -0.15) is 4.98 Å². The number of non-ortho nitro benzene ring substituents is 1. The average molecular weight is 412 g/mol. The van der Waals surface area contributed by atoms with Gasteiger partial charge in [-0.15, -0.1) is 0 Å². The van der Waals surface area contributed by atoms with Crippen LogP contribution in [0.4, 0.5) is 10.1 Å². The van der Waals surface area contributed by atoms with Crippen molar-refractivity contribution in [2.75, 3.05) is 0 Å². The van der Waals surface area contributed by atoms with E-state index in [4.69, 9.17) is 4.52 Å². The predicted molar refractivity (Wildman–Crippen MR) is 107 cm³/mol. The number of rotatable bonds is 8. The van der Waals surface area contributed by atoms with Gasteiger partial charge < -0.3 is 9.84 Å².